The van der Waals surface area contributed by atoms with Crippen molar-refractivity contribution >= 4 is 3.21 Å². The van der Waals surface area contributed by atoms with Crippen LogP contribution in [0.25, 0.3) is 11.1 Å². The average Bonchev–Trinajstić information content (AvgIpc) is 3.53. The molecule has 0 N–H and O–H groups in total. The van der Waals surface area contributed by atoms with E-state index in [1.54, 1.807) is 25.5 Å². The van der Waals surface area contributed by atoms with Gasteiger partial charge in [0.15, 0.2) is 0 Å². The van der Waals surface area contributed by atoms with Crippen molar-refractivity contribution in [2.75, 3.05) is 0 Å². The molecule has 44 heavy (non-hydrogen) atoms. The zero-order valence-corrected chi connectivity index (χ0v) is 31.1. The number of halogens is 2. The number of hydrogen-bond donors (Lipinski definition) is 0. The predicted octanol–water partition coefficient (Wildman–Crippen LogP) is 4.94. The molecule has 0 saturated heterocycles. The molecule has 2 aliphatic rings. The Hall–Kier alpha value is -2.31. The third-order valence-corrected chi connectivity index (χ3v) is 18.1. The van der Waals surface area contributed by atoms with Crippen LogP contribution in [0.3, 0.4) is 0 Å². The van der Waals surface area contributed by atoms with E-state index < -0.39 is 21.3 Å². The molecule has 0 radical (unpaired) electrons. The number of aryl methyl sites for hydroxylation is 2. The van der Waals surface area contributed by atoms with Crippen LogP contribution < -0.4 is 24.8 Å². The molecule has 0 nitrogen and oxygen atoms in total. The molecule has 2 aliphatic carbocycles. The summed E-state index contributed by atoms with van der Waals surface area (Å²) in [5, 5.41) is 0. The van der Waals surface area contributed by atoms with Crippen LogP contribution in [-0.4, -0.2) is 3.21 Å². The molecule has 0 spiro atoms. The van der Waals surface area contributed by atoms with E-state index in [0.29, 0.717) is 9.54 Å². The molecule has 1 unspecified atom stereocenters. The third-order valence-electron chi connectivity index (χ3n) is 9.35. The van der Waals surface area contributed by atoms with Crippen LogP contribution in [-0.2, 0) is 21.3 Å². The summed E-state index contributed by atoms with van der Waals surface area (Å²) in [6.45, 7) is 16.5. The Bertz CT molecular complexity index is 1640. The van der Waals surface area contributed by atoms with Gasteiger partial charge in [-0.2, -0.15) is 0 Å². The van der Waals surface area contributed by atoms with Crippen molar-refractivity contribution in [1.29, 1.82) is 0 Å². The van der Waals surface area contributed by atoms with Gasteiger partial charge in [-0.1, -0.05) is 0 Å². The van der Waals surface area contributed by atoms with Gasteiger partial charge in [-0.25, -0.2) is 0 Å². The number of rotatable bonds is 6. The van der Waals surface area contributed by atoms with Gasteiger partial charge in [0.25, 0.3) is 0 Å². The zero-order valence-electron chi connectivity index (χ0n) is 27.1. The fourth-order valence-electron chi connectivity index (χ4n) is 7.34. The molecule has 0 heterocycles. The van der Waals surface area contributed by atoms with Gasteiger partial charge in [-0.3, -0.25) is 0 Å². The molecule has 0 saturated carbocycles. The monoisotopic (exact) mass is 696 g/mol. The minimum absolute atomic E-state index is 0. The summed E-state index contributed by atoms with van der Waals surface area (Å²) in [6.07, 6.45) is 4.95. The Morgan fingerprint density at radius 3 is 1.52 bits per heavy atom. The Balaban J connectivity index is 0.00000221. The third kappa shape index (κ3) is 6.23. The van der Waals surface area contributed by atoms with Crippen molar-refractivity contribution in [3.63, 3.8) is 0 Å². The smallest absolute Gasteiger partial charge is 1.00 e. The molecule has 0 bridgehead atoms. The quantitative estimate of drug-likeness (QED) is 0.268. The molecule has 1 atom stereocenters. The van der Waals surface area contributed by atoms with Crippen LogP contribution in [0.4, 0.5) is 0 Å². The second-order valence-corrected chi connectivity index (χ2v) is 19.2. The van der Waals surface area contributed by atoms with Crippen LogP contribution >= 0.6 is 0 Å². The van der Waals surface area contributed by atoms with Gasteiger partial charge in [0.05, 0.1) is 0 Å². The maximum atomic E-state index is 2.68. The van der Waals surface area contributed by atoms with Gasteiger partial charge in [-0.05, 0) is 0 Å². The Morgan fingerprint density at radius 1 is 0.659 bits per heavy atom. The summed E-state index contributed by atoms with van der Waals surface area (Å²) < 4.78 is 3.92. The van der Waals surface area contributed by atoms with E-state index in [1.165, 1.54) is 33.4 Å². The first kappa shape index (κ1) is 34.6. The van der Waals surface area contributed by atoms with Crippen LogP contribution in [0.5, 0.6) is 0 Å². The van der Waals surface area contributed by atoms with Crippen molar-refractivity contribution in [3.05, 3.63) is 151 Å². The molecule has 6 rings (SSSR count). The van der Waals surface area contributed by atoms with E-state index in [1.807, 2.05) is 3.28 Å². The summed E-state index contributed by atoms with van der Waals surface area (Å²) in [4.78, 5) is 0. The van der Waals surface area contributed by atoms with E-state index in [9.17, 15) is 0 Å². The van der Waals surface area contributed by atoms with E-state index >= 15 is 0 Å². The minimum atomic E-state index is -2.82. The second kappa shape index (κ2) is 14.0. The first-order chi connectivity index (χ1) is 20.2. The molecule has 0 amide bonds. The van der Waals surface area contributed by atoms with Crippen LogP contribution in [0.2, 0.25) is 0 Å². The summed E-state index contributed by atoms with van der Waals surface area (Å²) in [5.74, 6) is 0.509. The maximum absolute atomic E-state index is 2.82. The van der Waals surface area contributed by atoms with Gasteiger partial charge >= 0.3 is 263 Å². The van der Waals surface area contributed by atoms with Crippen molar-refractivity contribution in [2.45, 2.75) is 64.9 Å². The zero-order chi connectivity index (χ0) is 29.6. The summed E-state index contributed by atoms with van der Waals surface area (Å²) >= 11 is -2.82. The van der Waals surface area contributed by atoms with Gasteiger partial charge in [0, 0.05) is 0 Å². The molecule has 4 aromatic rings. The number of benzene rings is 4. The largest absolute Gasteiger partial charge is 1.00 e. The van der Waals surface area contributed by atoms with Crippen molar-refractivity contribution in [1.82, 2.24) is 0 Å². The standard InChI is InChI=1S/C15H14.C13H9.C13H21.2ClH.Zr/c1-12-3-7-14(8-4-12)11-15-9-5-13(2)6-10-15;1-3-7-12-10(5-1)9-11-6-2-4-8-13(11)12;1-6-10-8-11(7-2)12(9-10)13(3,4)5;;;/h3-10H,1-2H3;1-9H;9-10H,6-7H2,1-5H3;2*1H;/q;;;;;+2/p-2. The number of fused-ring (bicyclic) bond motifs is 3. The molecular formula is C41H44Cl2Zr. The first-order valence-electron chi connectivity index (χ1n) is 15.8. The van der Waals surface area contributed by atoms with E-state index in [4.69, 9.17) is 0 Å². The SMILES string of the molecule is CCC1=[C]([Zr+2](=[C](c2ccc(C)cc2)c2ccc(C)cc2)[CH]2c3ccccc3-c3ccccc32)C(CC)C=C1C(C)(C)C.[Cl-].[Cl-]. The second-order valence-electron chi connectivity index (χ2n) is 13.2. The molecule has 4 aromatic carbocycles. The minimum Gasteiger partial charge on any atom is -1.00 e. The Labute approximate surface area is 285 Å². The maximum Gasteiger partial charge on any atom is -1.00 e. The molecule has 0 aromatic heterocycles. The molecule has 0 aliphatic heterocycles. The number of hydrogen-bond acceptors (Lipinski definition) is 0. The van der Waals surface area contributed by atoms with E-state index in [-0.39, 0.29) is 30.2 Å². The van der Waals surface area contributed by atoms with Crippen LogP contribution in [0.15, 0.2) is 118 Å². The van der Waals surface area contributed by atoms with Gasteiger partial charge in [-0.15, -0.1) is 0 Å². The summed E-state index contributed by atoms with van der Waals surface area (Å²) in [6, 6.07) is 37.6. The average molecular weight is 699 g/mol. The van der Waals surface area contributed by atoms with Gasteiger partial charge < -0.3 is 24.8 Å². The Morgan fingerprint density at radius 2 is 1.11 bits per heavy atom. The topological polar surface area (TPSA) is 0 Å². The normalized spacial score (nSPS) is 15.4. The summed E-state index contributed by atoms with van der Waals surface area (Å²) in [7, 11) is 0. The molecule has 0 fully saturated rings. The number of allylic oxidation sites excluding steroid dienone is 4. The van der Waals surface area contributed by atoms with Gasteiger partial charge in [0.1, 0.15) is 0 Å². The molecule has 3 heteroatoms. The fourth-order valence-corrected chi connectivity index (χ4v) is 17.8. The van der Waals surface area contributed by atoms with Crippen LogP contribution in [0, 0.1) is 25.2 Å². The fraction of sp³-hybridized carbons (Fsp3) is 0.293. The first-order valence-corrected chi connectivity index (χ1v) is 19.6. The molecule has 226 valence electrons. The summed E-state index contributed by atoms with van der Waals surface area (Å²) in [5.41, 5.74) is 14.9. The molecular weight excluding hydrogens is 655 g/mol. The van der Waals surface area contributed by atoms with E-state index in [0.717, 1.165) is 12.8 Å². The van der Waals surface area contributed by atoms with Gasteiger partial charge in [0.2, 0.25) is 0 Å². The Kier molecular flexibility index (Phi) is 11.0. The van der Waals surface area contributed by atoms with Crippen molar-refractivity contribution < 1.29 is 46.1 Å². The van der Waals surface area contributed by atoms with Crippen molar-refractivity contribution in [3.8, 4) is 11.1 Å². The van der Waals surface area contributed by atoms with Crippen molar-refractivity contribution in [2.24, 2.45) is 11.3 Å². The van der Waals surface area contributed by atoms with Crippen LogP contribution in [0.1, 0.15) is 84.5 Å². The van der Waals surface area contributed by atoms with E-state index in [2.05, 4.69) is 152 Å². The predicted molar refractivity (Wildman–Crippen MR) is 178 cm³/mol.